The highest BCUT2D eigenvalue weighted by molar-refractivity contribution is 6.16. The number of nitrogens with one attached hydrogen (secondary N) is 1. The van der Waals surface area contributed by atoms with Crippen LogP contribution >= 0.6 is 0 Å². The molecular formula is C19H15NO3. The van der Waals surface area contributed by atoms with E-state index >= 15 is 0 Å². The predicted octanol–water partition coefficient (Wildman–Crippen LogP) is 3.29. The second-order valence-corrected chi connectivity index (χ2v) is 5.71. The molecule has 3 aromatic rings. The minimum atomic E-state index is -0.826. The third-order valence-corrected chi connectivity index (χ3v) is 4.53. The Morgan fingerprint density at radius 3 is 2.48 bits per heavy atom. The van der Waals surface area contributed by atoms with E-state index in [1.165, 1.54) is 7.11 Å². The summed E-state index contributed by atoms with van der Waals surface area (Å²) in [6.07, 6.45) is 0. The maximum absolute atomic E-state index is 12.8. The molecule has 0 radical (unpaired) electrons. The number of carbonyl (C=O) groups excluding carboxylic acids is 2. The Kier molecular flexibility index (Phi) is 3.05. The smallest absolute Gasteiger partial charge is 0.317 e. The zero-order chi connectivity index (χ0) is 16.0. The quantitative estimate of drug-likeness (QED) is 0.584. The lowest BCUT2D eigenvalue weighted by molar-refractivity contribution is -0.143. The number of methoxy groups -OCH3 is 1. The van der Waals surface area contributed by atoms with Gasteiger partial charge in [-0.1, -0.05) is 48.5 Å². The van der Waals surface area contributed by atoms with E-state index in [1.807, 2.05) is 54.6 Å². The van der Waals surface area contributed by atoms with E-state index in [1.54, 1.807) is 0 Å². The van der Waals surface area contributed by atoms with Crippen LogP contribution in [-0.4, -0.2) is 23.8 Å². The van der Waals surface area contributed by atoms with Gasteiger partial charge in [0.2, 0.25) is 0 Å². The number of fused-ring (bicyclic) bond motifs is 3. The molecule has 114 valence electrons. The van der Waals surface area contributed by atoms with Crippen molar-refractivity contribution in [3.05, 3.63) is 71.4 Å². The number of esters is 1. The molecule has 2 aromatic carbocycles. The molecule has 0 unspecified atom stereocenters. The highest BCUT2D eigenvalue weighted by atomic mass is 16.5. The average Bonchev–Trinajstić information content (AvgIpc) is 3.10. The molecule has 1 aromatic heterocycles. The van der Waals surface area contributed by atoms with Crippen LogP contribution in [0.4, 0.5) is 0 Å². The Bertz CT molecular complexity index is 911. The number of ether oxygens (including phenoxy) is 1. The molecule has 1 N–H and O–H groups in total. The zero-order valence-electron chi connectivity index (χ0n) is 12.6. The SMILES string of the molecule is COC(=O)[C@H]1C(=O)c2[nH]c3ccccc3c2[C@@H]1c1ccccc1. The number of hydrogen-bond acceptors (Lipinski definition) is 3. The fraction of sp³-hybridized carbons (Fsp3) is 0.158. The Morgan fingerprint density at radius 2 is 1.74 bits per heavy atom. The molecule has 4 rings (SSSR count). The number of H-pyrrole nitrogens is 1. The molecule has 1 aliphatic rings. The zero-order valence-corrected chi connectivity index (χ0v) is 12.6. The Labute approximate surface area is 133 Å². The van der Waals surface area contributed by atoms with E-state index in [4.69, 9.17) is 4.74 Å². The van der Waals surface area contributed by atoms with E-state index in [2.05, 4.69) is 4.98 Å². The number of aromatic amines is 1. The lowest BCUT2D eigenvalue weighted by Crippen LogP contribution is -2.26. The fourth-order valence-corrected chi connectivity index (χ4v) is 3.54. The number of ketones is 1. The molecular weight excluding hydrogens is 290 g/mol. The number of carbonyl (C=O) groups is 2. The van der Waals surface area contributed by atoms with Gasteiger partial charge in [-0.3, -0.25) is 9.59 Å². The van der Waals surface area contributed by atoms with Gasteiger partial charge >= 0.3 is 5.97 Å². The number of Topliss-reactive ketones (excluding diaryl/α,β-unsaturated/α-hetero) is 1. The van der Waals surface area contributed by atoms with Gasteiger partial charge in [-0.05, 0) is 17.2 Å². The highest BCUT2D eigenvalue weighted by Gasteiger charge is 2.47. The molecule has 23 heavy (non-hydrogen) atoms. The van der Waals surface area contributed by atoms with Crippen LogP contribution in [0.25, 0.3) is 10.9 Å². The van der Waals surface area contributed by atoms with Crippen LogP contribution in [0, 0.1) is 5.92 Å². The molecule has 1 aliphatic carbocycles. The molecule has 0 aliphatic heterocycles. The number of para-hydroxylation sites is 1. The molecule has 4 nitrogen and oxygen atoms in total. The Hall–Kier alpha value is -2.88. The molecule has 0 saturated carbocycles. The first-order valence-electron chi connectivity index (χ1n) is 7.50. The van der Waals surface area contributed by atoms with Crippen molar-refractivity contribution < 1.29 is 14.3 Å². The maximum atomic E-state index is 12.8. The van der Waals surface area contributed by atoms with Crippen LogP contribution in [-0.2, 0) is 9.53 Å². The molecule has 0 fully saturated rings. The van der Waals surface area contributed by atoms with Crippen molar-refractivity contribution in [3.8, 4) is 0 Å². The predicted molar refractivity (Wildman–Crippen MR) is 86.4 cm³/mol. The van der Waals surface area contributed by atoms with Crippen LogP contribution in [0.1, 0.15) is 27.5 Å². The summed E-state index contributed by atoms with van der Waals surface area (Å²) in [5, 5.41) is 0.983. The van der Waals surface area contributed by atoms with Crippen molar-refractivity contribution >= 4 is 22.7 Å². The van der Waals surface area contributed by atoms with Crippen LogP contribution in [0.15, 0.2) is 54.6 Å². The van der Waals surface area contributed by atoms with Crippen molar-refractivity contribution in [2.45, 2.75) is 5.92 Å². The molecule has 4 heteroatoms. The van der Waals surface area contributed by atoms with E-state index in [-0.39, 0.29) is 11.7 Å². The first-order chi connectivity index (χ1) is 11.2. The molecule has 0 saturated heterocycles. The summed E-state index contributed by atoms with van der Waals surface area (Å²) in [4.78, 5) is 28.2. The molecule has 0 bridgehead atoms. The van der Waals surface area contributed by atoms with Gasteiger partial charge in [0.25, 0.3) is 0 Å². The van der Waals surface area contributed by atoms with E-state index in [0.29, 0.717) is 5.69 Å². The minimum Gasteiger partial charge on any atom is -0.468 e. The van der Waals surface area contributed by atoms with Crippen LogP contribution in [0.5, 0.6) is 0 Å². The number of rotatable bonds is 2. The van der Waals surface area contributed by atoms with Crippen LogP contribution < -0.4 is 0 Å². The average molecular weight is 305 g/mol. The highest BCUT2D eigenvalue weighted by Crippen LogP contribution is 2.46. The Balaban J connectivity index is 2.00. The van der Waals surface area contributed by atoms with Crippen LogP contribution in [0.3, 0.4) is 0 Å². The van der Waals surface area contributed by atoms with Crippen LogP contribution in [0.2, 0.25) is 0 Å². The summed E-state index contributed by atoms with van der Waals surface area (Å²) < 4.78 is 4.90. The third kappa shape index (κ3) is 1.91. The topological polar surface area (TPSA) is 59.2 Å². The second kappa shape index (κ2) is 5.09. The normalized spacial score (nSPS) is 19.8. The van der Waals surface area contributed by atoms with E-state index in [9.17, 15) is 9.59 Å². The number of benzene rings is 2. The molecule has 0 spiro atoms. The summed E-state index contributed by atoms with van der Waals surface area (Å²) in [5.74, 6) is -1.83. The van der Waals surface area contributed by atoms with Crippen molar-refractivity contribution in [3.63, 3.8) is 0 Å². The van der Waals surface area contributed by atoms with Gasteiger partial charge in [-0.2, -0.15) is 0 Å². The largest absolute Gasteiger partial charge is 0.468 e. The number of hydrogen-bond donors (Lipinski definition) is 1. The Morgan fingerprint density at radius 1 is 1.04 bits per heavy atom. The second-order valence-electron chi connectivity index (χ2n) is 5.71. The van der Waals surface area contributed by atoms with Gasteiger partial charge in [-0.15, -0.1) is 0 Å². The molecule has 2 atom stereocenters. The summed E-state index contributed by atoms with van der Waals surface area (Å²) in [6.45, 7) is 0. The van der Waals surface area contributed by atoms with Crippen molar-refractivity contribution in [1.82, 2.24) is 4.98 Å². The van der Waals surface area contributed by atoms with Crippen molar-refractivity contribution in [2.75, 3.05) is 7.11 Å². The summed E-state index contributed by atoms with van der Waals surface area (Å²) in [7, 11) is 1.32. The van der Waals surface area contributed by atoms with Gasteiger partial charge in [-0.25, -0.2) is 0 Å². The first-order valence-corrected chi connectivity index (χ1v) is 7.50. The van der Waals surface area contributed by atoms with Crippen molar-refractivity contribution in [2.24, 2.45) is 5.92 Å². The maximum Gasteiger partial charge on any atom is 0.317 e. The van der Waals surface area contributed by atoms with Gasteiger partial charge in [0.1, 0.15) is 5.92 Å². The molecule has 1 heterocycles. The first kappa shape index (κ1) is 13.8. The van der Waals surface area contributed by atoms with Crippen molar-refractivity contribution in [1.29, 1.82) is 0 Å². The fourth-order valence-electron chi connectivity index (χ4n) is 3.54. The summed E-state index contributed by atoms with van der Waals surface area (Å²) in [6, 6.07) is 17.4. The lowest BCUT2D eigenvalue weighted by Gasteiger charge is -2.18. The standard InChI is InChI=1S/C19H15NO3/c1-23-19(22)16-14(11-7-3-2-4-8-11)15-12-9-5-6-10-13(12)20-17(15)18(16)21/h2-10,14,16,20H,1H3/t14-,16+/m0/s1. The summed E-state index contributed by atoms with van der Waals surface area (Å²) >= 11 is 0. The van der Waals surface area contributed by atoms with Gasteiger partial charge < -0.3 is 9.72 Å². The van der Waals surface area contributed by atoms with Gasteiger partial charge in [0, 0.05) is 16.8 Å². The summed E-state index contributed by atoms with van der Waals surface area (Å²) in [5.41, 5.74) is 3.28. The lowest BCUT2D eigenvalue weighted by atomic mass is 9.84. The monoisotopic (exact) mass is 305 g/mol. The minimum absolute atomic E-state index is 0.197. The van der Waals surface area contributed by atoms with Gasteiger partial charge in [0.05, 0.1) is 12.8 Å². The number of aromatic nitrogens is 1. The van der Waals surface area contributed by atoms with Gasteiger partial charge in [0.15, 0.2) is 5.78 Å². The third-order valence-electron chi connectivity index (χ3n) is 4.53. The van der Waals surface area contributed by atoms with E-state index < -0.39 is 11.9 Å². The van der Waals surface area contributed by atoms with E-state index in [0.717, 1.165) is 22.0 Å². The molecule has 0 amide bonds.